The Bertz CT molecular complexity index is 963. The standard InChI is InChI=1S/C23H18O2/c1-3-7-18(8-4-1)17-24-22-13-11-20-16-23(14-12-19(20)15-22)25-21-9-5-2-6-10-21/h1-16H,17H2. The molecule has 0 heterocycles. The minimum Gasteiger partial charge on any atom is -0.489 e. The summed E-state index contributed by atoms with van der Waals surface area (Å²) >= 11 is 0. The highest BCUT2D eigenvalue weighted by Crippen LogP contribution is 2.28. The first kappa shape index (κ1) is 15.3. The van der Waals surface area contributed by atoms with Crippen LogP contribution in [-0.4, -0.2) is 0 Å². The van der Waals surface area contributed by atoms with Crippen molar-refractivity contribution in [2.75, 3.05) is 0 Å². The lowest BCUT2D eigenvalue weighted by Crippen LogP contribution is -1.94. The van der Waals surface area contributed by atoms with Gasteiger partial charge in [0.05, 0.1) is 0 Å². The van der Waals surface area contributed by atoms with Crippen LogP contribution in [0.25, 0.3) is 10.8 Å². The van der Waals surface area contributed by atoms with Crippen LogP contribution < -0.4 is 9.47 Å². The van der Waals surface area contributed by atoms with Crippen LogP contribution in [0.5, 0.6) is 17.2 Å². The molecule has 0 spiro atoms. The summed E-state index contributed by atoms with van der Waals surface area (Å²) in [5, 5.41) is 2.26. The molecule has 0 aliphatic rings. The maximum absolute atomic E-state index is 5.89. The predicted octanol–water partition coefficient (Wildman–Crippen LogP) is 6.21. The summed E-state index contributed by atoms with van der Waals surface area (Å²) in [5.74, 6) is 2.54. The molecular formula is C23H18O2. The summed E-state index contributed by atoms with van der Waals surface area (Å²) in [4.78, 5) is 0. The molecule has 0 amide bonds. The van der Waals surface area contributed by atoms with Crippen LogP contribution in [0.1, 0.15) is 5.56 Å². The van der Waals surface area contributed by atoms with E-state index in [1.807, 2.05) is 66.7 Å². The van der Waals surface area contributed by atoms with Crippen LogP contribution in [0, 0.1) is 0 Å². The summed E-state index contributed by atoms with van der Waals surface area (Å²) in [6.45, 7) is 0.571. The van der Waals surface area contributed by atoms with E-state index in [1.165, 1.54) is 0 Å². The van der Waals surface area contributed by atoms with Gasteiger partial charge in [-0.15, -0.1) is 0 Å². The molecule has 2 heteroatoms. The van der Waals surface area contributed by atoms with Gasteiger partial charge in [0.15, 0.2) is 0 Å². The van der Waals surface area contributed by atoms with Crippen molar-refractivity contribution in [1.82, 2.24) is 0 Å². The van der Waals surface area contributed by atoms with E-state index in [-0.39, 0.29) is 0 Å². The van der Waals surface area contributed by atoms with E-state index in [4.69, 9.17) is 9.47 Å². The highest BCUT2D eigenvalue weighted by atomic mass is 16.5. The third kappa shape index (κ3) is 3.81. The zero-order chi connectivity index (χ0) is 16.9. The van der Waals surface area contributed by atoms with E-state index in [1.54, 1.807) is 0 Å². The van der Waals surface area contributed by atoms with Gasteiger partial charge in [0.25, 0.3) is 0 Å². The number of hydrogen-bond acceptors (Lipinski definition) is 2. The first-order valence-corrected chi connectivity index (χ1v) is 8.30. The minimum absolute atomic E-state index is 0.571. The van der Waals surface area contributed by atoms with Gasteiger partial charge in [0, 0.05) is 0 Å². The van der Waals surface area contributed by atoms with Crippen LogP contribution >= 0.6 is 0 Å². The number of fused-ring (bicyclic) bond motifs is 1. The molecule has 0 N–H and O–H groups in total. The molecule has 0 aromatic heterocycles. The lowest BCUT2D eigenvalue weighted by Gasteiger charge is -2.09. The molecule has 0 bridgehead atoms. The smallest absolute Gasteiger partial charge is 0.128 e. The van der Waals surface area contributed by atoms with E-state index >= 15 is 0 Å². The van der Waals surface area contributed by atoms with Crippen molar-refractivity contribution in [3.05, 3.63) is 103 Å². The average molecular weight is 326 g/mol. The molecule has 4 aromatic carbocycles. The Morgan fingerprint density at radius 2 is 1.12 bits per heavy atom. The van der Waals surface area contributed by atoms with Crippen LogP contribution in [0.4, 0.5) is 0 Å². The third-order valence-electron chi connectivity index (χ3n) is 4.01. The fourth-order valence-corrected chi connectivity index (χ4v) is 2.72. The summed E-state index contributed by atoms with van der Waals surface area (Å²) in [6.07, 6.45) is 0. The quantitative estimate of drug-likeness (QED) is 0.434. The first-order chi connectivity index (χ1) is 12.4. The second-order valence-electron chi connectivity index (χ2n) is 5.86. The zero-order valence-electron chi connectivity index (χ0n) is 13.8. The number of hydrogen-bond donors (Lipinski definition) is 0. The van der Waals surface area contributed by atoms with Gasteiger partial charge in [-0.3, -0.25) is 0 Å². The van der Waals surface area contributed by atoms with Crippen LogP contribution in [0.15, 0.2) is 97.1 Å². The van der Waals surface area contributed by atoms with Crippen LogP contribution in [0.2, 0.25) is 0 Å². The van der Waals surface area contributed by atoms with Crippen LogP contribution in [0.3, 0.4) is 0 Å². The molecule has 0 saturated heterocycles. The topological polar surface area (TPSA) is 18.5 Å². The summed E-state index contributed by atoms with van der Waals surface area (Å²) < 4.78 is 11.8. The lowest BCUT2D eigenvalue weighted by molar-refractivity contribution is 0.306. The van der Waals surface area contributed by atoms with E-state index < -0.39 is 0 Å². The lowest BCUT2D eigenvalue weighted by atomic mass is 10.1. The number of ether oxygens (including phenoxy) is 2. The molecule has 122 valence electrons. The molecule has 2 nitrogen and oxygen atoms in total. The Kier molecular flexibility index (Phi) is 4.34. The van der Waals surface area contributed by atoms with Gasteiger partial charge in [-0.25, -0.2) is 0 Å². The van der Waals surface area contributed by atoms with Gasteiger partial charge in [-0.2, -0.15) is 0 Å². The van der Waals surface area contributed by atoms with Crippen molar-refractivity contribution < 1.29 is 9.47 Å². The second-order valence-corrected chi connectivity index (χ2v) is 5.86. The fraction of sp³-hybridized carbons (Fsp3) is 0.0435. The average Bonchev–Trinajstić information content (AvgIpc) is 2.68. The van der Waals surface area contributed by atoms with Gasteiger partial charge >= 0.3 is 0 Å². The fourth-order valence-electron chi connectivity index (χ4n) is 2.72. The highest BCUT2D eigenvalue weighted by Gasteiger charge is 2.02. The molecule has 0 aliphatic heterocycles. The molecule has 4 aromatic rings. The molecule has 25 heavy (non-hydrogen) atoms. The third-order valence-corrected chi connectivity index (χ3v) is 4.01. The largest absolute Gasteiger partial charge is 0.489 e. The maximum atomic E-state index is 5.89. The van der Waals surface area contributed by atoms with Gasteiger partial charge in [0.1, 0.15) is 23.9 Å². The number of para-hydroxylation sites is 1. The molecule has 0 atom stereocenters. The zero-order valence-corrected chi connectivity index (χ0v) is 13.8. The van der Waals surface area contributed by atoms with Crippen molar-refractivity contribution in [2.45, 2.75) is 6.61 Å². The second kappa shape index (κ2) is 7.10. The van der Waals surface area contributed by atoms with Crippen molar-refractivity contribution in [1.29, 1.82) is 0 Å². The normalized spacial score (nSPS) is 10.6. The van der Waals surface area contributed by atoms with E-state index in [0.29, 0.717) is 6.61 Å². The summed E-state index contributed by atoms with van der Waals surface area (Å²) in [7, 11) is 0. The Hall–Kier alpha value is -3.26. The molecule has 0 aliphatic carbocycles. The molecular weight excluding hydrogens is 308 g/mol. The molecule has 4 rings (SSSR count). The van der Waals surface area contributed by atoms with Crippen molar-refractivity contribution in [2.24, 2.45) is 0 Å². The predicted molar refractivity (Wildman–Crippen MR) is 101 cm³/mol. The SMILES string of the molecule is c1ccc(COc2ccc3cc(Oc4ccccc4)ccc3c2)cc1. The molecule has 0 radical (unpaired) electrons. The van der Waals surface area contributed by atoms with Gasteiger partial charge in [0.2, 0.25) is 0 Å². The first-order valence-electron chi connectivity index (χ1n) is 8.30. The van der Waals surface area contributed by atoms with Crippen molar-refractivity contribution in [3.8, 4) is 17.2 Å². The van der Waals surface area contributed by atoms with Crippen molar-refractivity contribution >= 4 is 10.8 Å². The van der Waals surface area contributed by atoms with Gasteiger partial charge in [-0.1, -0.05) is 60.7 Å². The Labute approximate surface area is 147 Å². The van der Waals surface area contributed by atoms with Crippen LogP contribution in [-0.2, 0) is 6.61 Å². The van der Waals surface area contributed by atoms with E-state index in [2.05, 4.69) is 30.3 Å². The Balaban J connectivity index is 1.50. The van der Waals surface area contributed by atoms with Crippen molar-refractivity contribution in [3.63, 3.8) is 0 Å². The molecule has 0 saturated carbocycles. The maximum Gasteiger partial charge on any atom is 0.128 e. The summed E-state index contributed by atoms with van der Waals surface area (Å²) in [6, 6.07) is 32.2. The Morgan fingerprint density at radius 1 is 0.520 bits per heavy atom. The van der Waals surface area contributed by atoms with Gasteiger partial charge in [-0.05, 0) is 52.7 Å². The summed E-state index contributed by atoms with van der Waals surface area (Å²) in [5.41, 5.74) is 1.16. The van der Waals surface area contributed by atoms with Gasteiger partial charge < -0.3 is 9.47 Å². The van der Waals surface area contributed by atoms with E-state index in [9.17, 15) is 0 Å². The molecule has 0 unspecified atom stereocenters. The highest BCUT2D eigenvalue weighted by molar-refractivity contribution is 5.85. The monoisotopic (exact) mass is 326 g/mol. The molecule has 0 fully saturated rings. The number of benzene rings is 4. The minimum atomic E-state index is 0.571. The van der Waals surface area contributed by atoms with E-state index in [0.717, 1.165) is 33.6 Å². The Morgan fingerprint density at radius 3 is 1.84 bits per heavy atom. The number of rotatable bonds is 5.